The number of amides is 1. The maximum Gasteiger partial charge on any atom is 0.240 e. The van der Waals surface area contributed by atoms with Crippen molar-refractivity contribution in [3.8, 4) is 0 Å². The molecule has 0 fully saturated rings. The Bertz CT molecular complexity index is 395. The molecule has 0 saturated carbocycles. The van der Waals surface area contributed by atoms with E-state index in [1.54, 1.807) is 6.92 Å². The Kier molecular flexibility index (Phi) is 3.66. The van der Waals surface area contributed by atoms with Crippen LogP contribution in [-0.2, 0) is 4.79 Å². The van der Waals surface area contributed by atoms with Gasteiger partial charge in [-0.25, -0.2) is 4.39 Å². The van der Waals surface area contributed by atoms with Gasteiger partial charge in [0.05, 0.1) is 17.3 Å². The fourth-order valence-corrected chi connectivity index (χ4v) is 1.51. The third-order valence-electron chi connectivity index (χ3n) is 2.14. The van der Waals surface area contributed by atoms with Crippen LogP contribution in [0.2, 0.25) is 5.02 Å². The number of benzene rings is 1. The van der Waals surface area contributed by atoms with Crippen LogP contribution in [0.5, 0.6) is 0 Å². The molecule has 0 bridgehead atoms. The lowest BCUT2D eigenvalue weighted by atomic mass is 10.2. The number of nitrogens with zero attached hydrogens (tertiary/aromatic N) is 1. The van der Waals surface area contributed by atoms with Crippen molar-refractivity contribution < 1.29 is 9.18 Å². The Hall–Kier alpha value is -1.13. The number of anilines is 1. The summed E-state index contributed by atoms with van der Waals surface area (Å²) in [6.07, 6.45) is 0. The highest BCUT2D eigenvalue weighted by molar-refractivity contribution is 6.33. The number of aryl methyl sites for hydroxylation is 1. The lowest BCUT2D eigenvalue weighted by molar-refractivity contribution is -0.117. The Morgan fingerprint density at radius 1 is 1.60 bits per heavy atom. The first kappa shape index (κ1) is 11.9. The van der Waals surface area contributed by atoms with Crippen molar-refractivity contribution in [3.63, 3.8) is 0 Å². The van der Waals surface area contributed by atoms with Crippen LogP contribution in [0, 0.1) is 12.7 Å². The van der Waals surface area contributed by atoms with Gasteiger partial charge in [0, 0.05) is 7.05 Å². The van der Waals surface area contributed by atoms with E-state index in [0.717, 1.165) is 0 Å². The molecule has 1 amide bonds. The van der Waals surface area contributed by atoms with Crippen LogP contribution in [0.3, 0.4) is 0 Å². The van der Waals surface area contributed by atoms with Crippen molar-refractivity contribution in [2.24, 2.45) is 5.73 Å². The molecule has 0 unspecified atom stereocenters. The first-order valence-corrected chi connectivity index (χ1v) is 4.77. The van der Waals surface area contributed by atoms with Crippen molar-refractivity contribution >= 4 is 23.2 Å². The van der Waals surface area contributed by atoms with E-state index in [-0.39, 0.29) is 12.5 Å². The van der Waals surface area contributed by atoms with E-state index in [4.69, 9.17) is 17.3 Å². The zero-order chi connectivity index (χ0) is 11.6. The van der Waals surface area contributed by atoms with Crippen LogP contribution >= 0.6 is 11.6 Å². The third kappa shape index (κ3) is 2.46. The van der Waals surface area contributed by atoms with Crippen molar-refractivity contribution in [1.82, 2.24) is 0 Å². The second kappa shape index (κ2) is 4.59. The summed E-state index contributed by atoms with van der Waals surface area (Å²) in [5, 5.41) is 0.332. The zero-order valence-corrected chi connectivity index (χ0v) is 9.31. The molecule has 3 nitrogen and oxygen atoms in total. The average Bonchev–Trinajstić information content (AvgIpc) is 2.21. The van der Waals surface area contributed by atoms with E-state index < -0.39 is 5.82 Å². The Morgan fingerprint density at radius 2 is 2.20 bits per heavy atom. The summed E-state index contributed by atoms with van der Waals surface area (Å²) in [5.41, 5.74) is 5.97. The first-order chi connectivity index (χ1) is 6.97. The van der Waals surface area contributed by atoms with Gasteiger partial charge in [0.1, 0.15) is 5.82 Å². The molecule has 0 spiro atoms. The molecule has 0 aliphatic carbocycles. The van der Waals surface area contributed by atoms with Crippen LogP contribution in [0.4, 0.5) is 10.1 Å². The van der Waals surface area contributed by atoms with Gasteiger partial charge in [-0.1, -0.05) is 11.6 Å². The highest BCUT2D eigenvalue weighted by Gasteiger charge is 2.14. The predicted octanol–water partition coefficient (Wildman–Crippen LogP) is 1.71. The average molecular weight is 231 g/mol. The van der Waals surface area contributed by atoms with Crippen molar-refractivity contribution in [1.29, 1.82) is 0 Å². The summed E-state index contributed by atoms with van der Waals surface area (Å²) in [7, 11) is 1.51. The van der Waals surface area contributed by atoms with E-state index in [2.05, 4.69) is 0 Å². The van der Waals surface area contributed by atoms with Crippen LogP contribution in [0.15, 0.2) is 12.1 Å². The number of carbonyl (C=O) groups is 1. The first-order valence-electron chi connectivity index (χ1n) is 4.39. The number of likely N-dealkylation sites (N-methyl/N-ethyl adjacent to an activating group) is 1. The number of hydrogen-bond acceptors (Lipinski definition) is 2. The van der Waals surface area contributed by atoms with Gasteiger partial charge in [0.2, 0.25) is 5.91 Å². The second-order valence-corrected chi connectivity index (χ2v) is 3.62. The van der Waals surface area contributed by atoms with Crippen molar-refractivity contribution in [2.75, 3.05) is 18.5 Å². The summed E-state index contributed by atoms with van der Waals surface area (Å²) >= 11 is 5.90. The van der Waals surface area contributed by atoms with Gasteiger partial charge in [0.25, 0.3) is 0 Å². The fraction of sp³-hybridized carbons (Fsp3) is 0.300. The van der Waals surface area contributed by atoms with Gasteiger partial charge in [-0.2, -0.15) is 0 Å². The van der Waals surface area contributed by atoms with Gasteiger partial charge < -0.3 is 10.6 Å². The van der Waals surface area contributed by atoms with Crippen LogP contribution in [0.1, 0.15) is 5.56 Å². The van der Waals surface area contributed by atoms with Crippen molar-refractivity contribution in [2.45, 2.75) is 6.92 Å². The van der Waals surface area contributed by atoms with Gasteiger partial charge in [-0.05, 0) is 24.6 Å². The van der Waals surface area contributed by atoms with Crippen LogP contribution in [0.25, 0.3) is 0 Å². The minimum Gasteiger partial charge on any atom is -0.322 e. The lowest BCUT2D eigenvalue weighted by Crippen LogP contribution is -2.32. The topological polar surface area (TPSA) is 46.3 Å². The molecule has 1 aromatic carbocycles. The minimum atomic E-state index is -0.397. The quantitative estimate of drug-likeness (QED) is 0.841. The highest BCUT2D eigenvalue weighted by atomic mass is 35.5. The van der Waals surface area contributed by atoms with Gasteiger partial charge >= 0.3 is 0 Å². The Morgan fingerprint density at radius 3 is 2.73 bits per heavy atom. The SMILES string of the molecule is Cc1cc(Cl)c(N(C)C(=O)CN)cc1F. The normalized spacial score (nSPS) is 10.2. The fourth-order valence-electron chi connectivity index (χ4n) is 1.16. The number of halogens is 2. The molecule has 5 heteroatoms. The van der Waals surface area contributed by atoms with E-state index in [9.17, 15) is 9.18 Å². The summed E-state index contributed by atoms with van der Waals surface area (Å²) in [4.78, 5) is 12.5. The molecule has 0 aromatic heterocycles. The summed E-state index contributed by atoms with van der Waals surface area (Å²) in [6, 6.07) is 2.71. The summed E-state index contributed by atoms with van der Waals surface area (Å²) in [6.45, 7) is 1.47. The number of nitrogens with two attached hydrogens (primary N) is 1. The largest absolute Gasteiger partial charge is 0.322 e. The van der Waals surface area contributed by atoms with E-state index >= 15 is 0 Å². The molecule has 0 heterocycles. The standard InChI is InChI=1S/C10H12ClFN2O/c1-6-3-7(11)9(4-8(6)12)14(2)10(15)5-13/h3-4H,5,13H2,1-2H3. The minimum absolute atomic E-state index is 0.137. The maximum atomic E-state index is 13.3. The van der Waals surface area contributed by atoms with Gasteiger partial charge in [-0.15, -0.1) is 0 Å². The molecule has 0 aliphatic heterocycles. The monoisotopic (exact) mass is 230 g/mol. The Balaban J connectivity index is 3.14. The van der Waals surface area contributed by atoms with Crippen LogP contribution in [-0.4, -0.2) is 19.5 Å². The lowest BCUT2D eigenvalue weighted by Gasteiger charge is -2.18. The van der Waals surface area contributed by atoms with E-state index in [1.807, 2.05) is 0 Å². The van der Waals surface area contributed by atoms with E-state index in [1.165, 1.54) is 24.1 Å². The molecule has 0 aliphatic rings. The second-order valence-electron chi connectivity index (χ2n) is 3.21. The maximum absolute atomic E-state index is 13.3. The number of rotatable bonds is 2. The molecule has 0 radical (unpaired) electrons. The van der Waals surface area contributed by atoms with E-state index in [0.29, 0.717) is 16.3 Å². The molecule has 0 atom stereocenters. The van der Waals surface area contributed by atoms with Crippen molar-refractivity contribution in [3.05, 3.63) is 28.5 Å². The smallest absolute Gasteiger partial charge is 0.240 e. The summed E-state index contributed by atoms with van der Waals surface area (Å²) < 4.78 is 13.3. The third-order valence-corrected chi connectivity index (χ3v) is 2.44. The molecular formula is C10H12ClFN2O. The predicted molar refractivity (Wildman–Crippen MR) is 58.6 cm³/mol. The van der Waals surface area contributed by atoms with Gasteiger partial charge in [0.15, 0.2) is 0 Å². The van der Waals surface area contributed by atoms with Crippen LogP contribution < -0.4 is 10.6 Å². The number of hydrogen-bond donors (Lipinski definition) is 1. The molecule has 2 N–H and O–H groups in total. The highest BCUT2D eigenvalue weighted by Crippen LogP contribution is 2.27. The molecule has 15 heavy (non-hydrogen) atoms. The molecule has 1 rings (SSSR count). The van der Waals surface area contributed by atoms with Gasteiger partial charge in [-0.3, -0.25) is 4.79 Å². The zero-order valence-electron chi connectivity index (χ0n) is 8.55. The summed E-state index contributed by atoms with van der Waals surface area (Å²) in [5.74, 6) is -0.716. The molecule has 0 saturated heterocycles. The Labute approximate surface area is 92.6 Å². The molecule has 82 valence electrons. The molecular weight excluding hydrogens is 219 g/mol. The number of carbonyl (C=O) groups excluding carboxylic acids is 1. The molecule has 1 aromatic rings.